The van der Waals surface area contributed by atoms with Crippen LogP contribution in [-0.2, 0) is 11.2 Å². The molecule has 1 amide bonds. The number of aliphatic hydroxyl groups is 1. The van der Waals surface area contributed by atoms with E-state index in [-0.39, 0.29) is 5.91 Å². The summed E-state index contributed by atoms with van der Waals surface area (Å²) in [5.74, 6) is 0.0640. The number of carbonyl (C=O) groups excluding carboxylic acids is 1. The number of amides is 1. The molecular weight excluding hydrogens is 288 g/mol. The first-order chi connectivity index (χ1) is 11.2. The van der Waals surface area contributed by atoms with E-state index in [1.54, 1.807) is 4.90 Å². The number of benzene rings is 2. The minimum Gasteiger partial charge on any atom is -0.388 e. The van der Waals surface area contributed by atoms with E-state index in [0.717, 1.165) is 27.7 Å². The summed E-state index contributed by atoms with van der Waals surface area (Å²) in [7, 11) is 0. The van der Waals surface area contributed by atoms with Gasteiger partial charge in [0.15, 0.2) is 0 Å². The SMILES string of the molecule is O=C(Cc1c[nH]c2ccccc12)N1CCC(O)c2ccccc21. The predicted octanol–water partition coefficient (Wildman–Crippen LogP) is 3.18. The highest BCUT2D eigenvalue weighted by molar-refractivity contribution is 5.98. The Bertz CT molecular complexity index is 868. The molecule has 2 heterocycles. The molecule has 4 rings (SSSR count). The van der Waals surface area contributed by atoms with Crippen LogP contribution in [0.1, 0.15) is 23.7 Å². The fraction of sp³-hybridized carbons (Fsp3) is 0.211. The van der Waals surface area contributed by atoms with E-state index in [9.17, 15) is 9.90 Å². The lowest BCUT2D eigenvalue weighted by atomic mass is 9.98. The van der Waals surface area contributed by atoms with Gasteiger partial charge in [-0.15, -0.1) is 0 Å². The number of para-hydroxylation sites is 2. The molecule has 3 aromatic rings. The van der Waals surface area contributed by atoms with Gasteiger partial charge in [0.25, 0.3) is 0 Å². The molecule has 1 aromatic heterocycles. The number of hydrogen-bond acceptors (Lipinski definition) is 2. The smallest absolute Gasteiger partial charge is 0.231 e. The number of anilines is 1. The van der Waals surface area contributed by atoms with Crippen molar-refractivity contribution in [2.45, 2.75) is 18.9 Å². The second-order valence-corrected chi connectivity index (χ2v) is 5.94. The lowest BCUT2D eigenvalue weighted by Crippen LogP contribution is -2.37. The molecular formula is C19H18N2O2. The molecule has 2 N–H and O–H groups in total. The zero-order valence-corrected chi connectivity index (χ0v) is 12.7. The number of hydrogen-bond donors (Lipinski definition) is 2. The fourth-order valence-corrected chi connectivity index (χ4v) is 3.34. The monoisotopic (exact) mass is 306 g/mol. The number of aromatic amines is 1. The summed E-state index contributed by atoms with van der Waals surface area (Å²) in [4.78, 5) is 17.8. The second-order valence-electron chi connectivity index (χ2n) is 5.94. The van der Waals surface area contributed by atoms with E-state index in [2.05, 4.69) is 4.98 Å². The summed E-state index contributed by atoms with van der Waals surface area (Å²) in [6.45, 7) is 0.555. The van der Waals surface area contributed by atoms with Gasteiger partial charge in [0, 0.05) is 34.9 Å². The van der Waals surface area contributed by atoms with Crippen LogP contribution < -0.4 is 4.90 Å². The number of rotatable bonds is 2. The number of H-pyrrole nitrogens is 1. The summed E-state index contributed by atoms with van der Waals surface area (Å²) < 4.78 is 0. The molecule has 1 unspecified atom stereocenters. The number of aliphatic hydroxyl groups excluding tert-OH is 1. The van der Waals surface area contributed by atoms with Crippen molar-refractivity contribution in [2.75, 3.05) is 11.4 Å². The van der Waals surface area contributed by atoms with Gasteiger partial charge < -0.3 is 15.0 Å². The van der Waals surface area contributed by atoms with Crippen molar-refractivity contribution in [2.24, 2.45) is 0 Å². The Morgan fingerprint density at radius 1 is 1.17 bits per heavy atom. The van der Waals surface area contributed by atoms with Gasteiger partial charge in [0.2, 0.25) is 5.91 Å². The fourth-order valence-electron chi connectivity index (χ4n) is 3.34. The van der Waals surface area contributed by atoms with Crippen molar-refractivity contribution in [3.63, 3.8) is 0 Å². The summed E-state index contributed by atoms with van der Waals surface area (Å²) in [5, 5.41) is 11.2. The topological polar surface area (TPSA) is 56.3 Å². The largest absolute Gasteiger partial charge is 0.388 e. The molecule has 0 bridgehead atoms. The predicted molar refractivity (Wildman–Crippen MR) is 90.4 cm³/mol. The van der Waals surface area contributed by atoms with Crippen molar-refractivity contribution < 1.29 is 9.90 Å². The first-order valence-corrected chi connectivity index (χ1v) is 7.86. The molecule has 4 nitrogen and oxygen atoms in total. The lowest BCUT2D eigenvalue weighted by molar-refractivity contribution is -0.118. The molecule has 2 aromatic carbocycles. The quantitative estimate of drug-likeness (QED) is 0.764. The maximum absolute atomic E-state index is 12.8. The van der Waals surface area contributed by atoms with Crippen molar-refractivity contribution >= 4 is 22.5 Å². The highest BCUT2D eigenvalue weighted by Crippen LogP contribution is 2.34. The van der Waals surface area contributed by atoms with E-state index in [0.29, 0.717) is 19.4 Å². The van der Waals surface area contributed by atoms with Gasteiger partial charge in [0.1, 0.15) is 0 Å². The van der Waals surface area contributed by atoms with Crippen LogP contribution in [0.3, 0.4) is 0 Å². The Labute approximate surface area is 134 Å². The Morgan fingerprint density at radius 2 is 1.96 bits per heavy atom. The maximum Gasteiger partial charge on any atom is 0.231 e. The Balaban J connectivity index is 1.64. The van der Waals surface area contributed by atoms with Gasteiger partial charge in [-0.1, -0.05) is 36.4 Å². The third kappa shape index (κ3) is 2.41. The molecule has 1 aliphatic rings. The number of aromatic nitrogens is 1. The highest BCUT2D eigenvalue weighted by Gasteiger charge is 2.27. The molecule has 0 saturated carbocycles. The molecule has 23 heavy (non-hydrogen) atoms. The average molecular weight is 306 g/mol. The normalized spacial score (nSPS) is 17.3. The highest BCUT2D eigenvalue weighted by atomic mass is 16.3. The zero-order valence-electron chi connectivity index (χ0n) is 12.7. The Morgan fingerprint density at radius 3 is 2.87 bits per heavy atom. The van der Waals surface area contributed by atoms with E-state index >= 15 is 0 Å². The summed E-state index contributed by atoms with van der Waals surface area (Å²) in [6.07, 6.45) is 2.36. The number of nitrogens with zero attached hydrogens (tertiary/aromatic N) is 1. The minimum atomic E-state index is -0.483. The van der Waals surface area contributed by atoms with Crippen LogP contribution in [0.2, 0.25) is 0 Å². The lowest BCUT2D eigenvalue weighted by Gasteiger charge is -2.32. The summed E-state index contributed by atoms with van der Waals surface area (Å²) in [5.41, 5.74) is 3.72. The molecule has 1 aliphatic heterocycles. The Hall–Kier alpha value is -2.59. The maximum atomic E-state index is 12.8. The summed E-state index contributed by atoms with van der Waals surface area (Å²) >= 11 is 0. The molecule has 0 aliphatic carbocycles. The van der Waals surface area contributed by atoms with Crippen LogP contribution in [0.4, 0.5) is 5.69 Å². The molecule has 0 saturated heterocycles. The van der Waals surface area contributed by atoms with E-state index in [1.165, 1.54) is 0 Å². The number of nitrogens with one attached hydrogen (secondary N) is 1. The van der Waals surface area contributed by atoms with Gasteiger partial charge in [-0.25, -0.2) is 0 Å². The van der Waals surface area contributed by atoms with Crippen molar-refractivity contribution in [1.29, 1.82) is 0 Å². The van der Waals surface area contributed by atoms with Gasteiger partial charge in [0.05, 0.1) is 12.5 Å². The van der Waals surface area contributed by atoms with Crippen LogP contribution >= 0.6 is 0 Å². The van der Waals surface area contributed by atoms with Gasteiger partial charge in [-0.3, -0.25) is 4.79 Å². The van der Waals surface area contributed by atoms with Gasteiger partial charge in [-0.2, -0.15) is 0 Å². The van der Waals surface area contributed by atoms with Gasteiger partial charge in [-0.05, 0) is 24.1 Å². The number of fused-ring (bicyclic) bond motifs is 2. The zero-order chi connectivity index (χ0) is 15.8. The van der Waals surface area contributed by atoms with Gasteiger partial charge >= 0.3 is 0 Å². The van der Waals surface area contributed by atoms with E-state index in [4.69, 9.17) is 0 Å². The summed E-state index contributed by atoms with van der Waals surface area (Å²) in [6, 6.07) is 15.6. The average Bonchev–Trinajstić information content (AvgIpc) is 2.98. The first kappa shape index (κ1) is 14.0. The third-order valence-corrected chi connectivity index (χ3v) is 4.53. The minimum absolute atomic E-state index is 0.0640. The third-order valence-electron chi connectivity index (χ3n) is 4.53. The van der Waals surface area contributed by atoms with Crippen LogP contribution in [0.25, 0.3) is 10.9 Å². The van der Waals surface area contributed by atoms with Crippen LogP contribution in [0, 0.1) is 0 Å². The Kier molecular flexibility index (Phi) is 3.39. The number of carbonyl (C=O) groups is 1. The molecule has 116 valence electrons. The van der Waals surface area contributed by atoms with Crippen LogP contribution in [0.5, 0.6) is 0 Å². The second kappa shape index (κ2) is 5.56. The molecule has 0 fully saturated rings. The van der Waals surface area contributed by atoms with Crippen LogP contribution in [0.15, 0.2) is 54.7 Å². The van der Waals surface area contributed by atoms with Crippen LogP contribution in [-0.4, -0.2) is 22.5 Å². The van der Waals surface area contributed by atoms with E-state index in [1.807, 2.05) is 54.7 Å². The van der Waals surface area contributed by atoms with E-state index < -0.39 is 6.10 Å². The molecule has 1 atom stereocenters. The molecule has 0 spiro atoms. The van der Waals surface area contributed by atoms with Crippen molar-refractivity contribution in [1.82, 2.24) is 4.98 Å². The van der Waals surface area contributed by atoms with Crippen molar-refractivity contribution in [3.8, 4) is 0 Å². The molecule has 4 heteroatoms. The van der Waals surface area contributed by atoms with Crippen molar-refractivity contribution in [3.05, 3.63) is 65.9 Å². The standard InChI is InChI=1S/C19H18N2O2/c22-18-9-10-21(17-8-4-2-6-15(17)18)19(23)11-13-12-20-16-7-3-1-5-14(13)16/h1-8,12,18,20,22H,9-11H2. The molecule has 0 radical (unpaired) electrons. The first-order valence-electron chi connectivity index (χ1n) is 7.86.